The van der Waals surface area contributed by atoms with Crippen molar-refractivity contribution in [2.45, 2.75) is 38.3 Å². The first-order valence-electron chi connectivity index (χ1n) is 13.0. The van der Waals surface area contributed by atoms with Gasteiger partial charge in [-0.05, 0) is 36.6 Å². The van der Waals surface area contributed by atoms with Gasteiger partial charge in [0.15, 0.2) is 0 Å². The fourth-order valence-electron chi connectivity index (χ4n) is 5.59. The van der Waals surface area contributed by atoms with E-state index in [0.717, 1.165) is 65.0 Å². The quantitative estimate of drug-likeness (QED) is 0.257. The predicted octanol–water partition coefficient (Wildman–Crippen LogP) is 6.45. The van der Waals surface area contributed by atoms with Crippen LogP contribution >= 0.6 is 0 Å². The van der Waals surface area contributed by atoms with Crippen molar-refractivity contribution in [2.24, 2.45) is 0 Å². The molecule has 0 spiro atoms. The zero-order valence-electron chi connectivity index (χ0n) is 21.3. The Labute approximate surface area is 217 Å². The third kappa shape index (κ3) is 4.09. The number of hydrogen-bond acceptors (Lipinski definition) is 4. The van der Waals surface area contributed by atoms with Gasteiger partial charge in [-0.15, -0.1) is 0 Å². The summed E-state index contributed by atoms with van der Waals surface area (Å²) >= 11 is 0. The Hall–Kier alpha value is -3.96. The highest BCUT2D eigenvalue weighted by atomic mass is 16.5. The van der Waals surface area contributed by atoms with E-state index in [1.807, 2.05) is 6.92 Å². The Morgan fingerprint density at radius 1 is 0.784 bits per heavy atom. The second-order valence-corrected chi connectivity index (χ2v) is 9.70. The lowest BCUT2D eigenvalue weighted by atomic mass is 9.77. The summed E-state index contributed by atoms with van der Waals surface area (Å²) < 4.78 is 14.3. The van der Waals surface area contributed by atoms with Gasteiger partial charge in [0.1, 0.15) is 11.6 Å². The van der Waals surface area contributed by atoms with Gasteiger partial charge in [0, 0.05) is 18.5 Å². The number of fused-ring (bicyclic) bond motifs is 1. The molecule has 0 amide bonds. The predicted molar refractivity (Wildman–Crippen MR) is 146 cm³/mol. The minimum atomic E-state index is -0.694. The van der Waals surface area contributed by atoms with Crippen molar-refractivity contribution in [1.29, 1.82) is 0 Å². The van der Waals surface area contributed by atoms with Crippen LogP contribution in [0.3, 0.4) is 0 Å². The van der Waals surface area contributed by atoms with Gasteiger partial charge in [0.05, 0.1) is 29.8 Å². The van der Waals surface area contributed by atoms with E-state index >= 15 is 0 Å². The normalized spacial score (nSPS) is 14.6. The van der Waals surface area contributed by atoms with Crippen LogP contribution < -0.4 is 4.74 Å². The molecular weight excluding hydrogens is 458 g/mol. The van der Waals surface area contributed by atoms with E-state index in [-0.39, 0.29) is 6.10 Å². The second-order valence-electron chi connectivity index (χ2n) is 9.70. The van der Waals surface area contributed by atoms with Crippen LogP contribution in [0.1, 0.15) is 40.9 Å². The van der Waals surface area contributed by atoms with Crippen LogP contribution in [0.15, 0.2) is 97.1 Å². The maximum absolute atomic E-state index is 6.53. The molecule has 5 heteroatoms. The Morgan fingerprint density at radius 3 is 1.81 bits per heavy atom. The zero-order valence-corrected chi connectivity index (χ0v) is 21.3. The fraction of sp³-hybridized carbons (Fsp3) is 0.250. The average Bonchev–Trinajstić information content (AvgIpc) is 3.28. The molecule has 1 aliphatic rings. The minimum Gasteiger partial charge on any atom is -0.474 e. The molecular formula is C32H31N3O2. The molecule has 37 heavy (non-hydrogen) atoms. The van der Waals surface area contributed by atoms with Crippen LogP contribution in [-0.2, 0) is 10.3 Å². The molecule has 5 aromatic rings. The fourth-order valence-corrected chi connectivity index (χ4v) is 5.59. The molecule has 186 valence electrons. The number of pyridine rings is 1. The largest absolute Gasteiger partial charge is 0.474 e. The Kier molecular flexibility index (Phi) is 6.23. The summed E-state index contributed by atoms with van der Waals surface area (Å²) in [6, 6.07) is 34.0. The standard InChI is InChI=1S/C32H31N3O2/c1-23-22-29-30(31(33-23)37-28-18-20-36-21-19-28)24(2)34-35(29)32(25-12-6-3-7-13-25,26-14-8-4-9-15-26)27-16-10-5-11-17-27/h3-17,22,28H,18-21H2,1-2H3. The lowest BCUT2D eigenvalue weighted by molar-refractivity contribution is 0.0244. The number of aryl methyl sites for hydroxylation is 2. The van der Waals surface area contributed by atoms with Crippen molar-refractivity contribution >= 4 is 10.9 Å². The van der Waals surface area contributed by atoms with Gasteiger partial charge < -0.3 is 9.47 Å². The van der Waals surface area contributed by atoms with Crippen molar-refractivity contribution in [3.05, 3.63) is 125 Å². The summed E-state index contributed by atoms with van der Waals surface area (Å²) in [6.07, 6.45) is 1.83. The maximum atomic E-state index is 6.53. The van der Waals surface area contributed by atoms with Crippen LogP contribution in [0.2, 0.25) is 0 Å². The van der Waals surface area contributed by atoms with Crippen molar-refractivity contribution in [2.75, 3.05) is 13.2 Å². The topological polar surface area (TPSA) is 49.2 Å². The van der Waals surface area contributed by atoms with Crippen LogP contribution in [0.5, 0.6) is 5.88 Å². The van der Waals surface area contributed by atoms with Crippen molar-refractivity contribution in [3.63, 3.8) is 0 Å². The molecule has 0 radical (unpaired) electrons. The first kappa shape index (κ1) is 23.4. The Bertz CT molecular complexity index is 1390. The highest BCUT2D eigenvalue weighted by Crippen LogP contribution is 2.43. The van der Waals surface area contributed by atoms with Crippen molar-refractivity contribution < 1.29 is 9.47 Å². The SMILES string of the molecule is Cc1cc2c(c(C)nn2C(c2ccccc2)(c2ccccc2)c2ccccc2)c(OC2CCOCC2)n1. The van der Waals surface area contributed by atoms with Gasteiger partial charge in [-0.25, -0.2) is 9.67 Å². The number of hydrogen-bond donors (Lipinski definition) is 0. The zero-order chi connectivity index (χ0) is 25.2. The summed E-state index contributed by atoms with van der Waals surface area (Å²) in [5.74, 6) is 0.661. The molecule has 0 bridgehead atoms. The van der Waals surface area contributed by atoms with Crippen LogP contribution in [0.25, 0.3) is 10.9 Å². The van der Waals surface area contributed by atoms with E-state index in [1.165, 1.54) is 0 Å². The smallest absolute Gasteiger partial charge is 0.225 e. The maximum Gasteiger partial charge on any atom is 0.225 e. The third-order valence-corrected chi connectivity index (χ3v) is 7.27. The molecule has 5 nitrogen and oxygen atoms in total. The lowest BCUT2D eigenvalue weighted by Gasteiger charge is -2.37. The van der Waals surface area contributed by atoms with E-state index in [0.29, 0.717) is 5.88 Å². The Balaban J connectivity index is 1.67. The Morgan fingerprint density at radius 2 is 1.30 bits per heavy atom. The van der Waals surface area contributed by atoms with E-state index in [4.69, 9.17) is 19.6 Å². The number of ether oxygens (including phenoxy) is 2. The lowest BCUT2D eigenvalue weighted by Crippen LogP contribution is -2.38. The van der Waals surface area contributed by atoms with Gasteiger partial charge in [0.25, 0.3) is 0 Å². The molecule has 0 N–H and O–H groups in total. The van der Waals surface area contributed by atoms with E-state index in [2.05, 4.69) is 109 Å². The van der Waals surface area contributed by atoms with E-state index < -0.39 is 5.54 Å². The minimum absolute atomic E-state index is 0.0936. The summed E-state index contributed by atoms with van der Waals surface area (Å²) in [5.41, 5.74) is 5.52. The van der Waals surface area contributed by atoms with E-state index in [9.17, 15) is 0 Å². The highest BCUT2D eigenvalue weighted by Gasteiger charge is 2.41. The van der Waals surface area contributed by atoms with Crippen molar-refractivity contribution in [1.82, 2.24) is 14.8 Å². The van der Waals surface area contributed by atoms with Crippen LogP contribution in [0.4, 0.5) is 0 Å². The molecule has 3 heterocycles. The molecule has 0 aliphatic carbocycles. The van der Waals surface area contributed by atoms with Gasteiger partial charge in [-0.3, -0.25) is 0 Å². The number of aromatic nitrogens is 3. The molecule has 6 rings (SSSR count). The third-order valence-electron chi connectivity index (χ3n) is 7.27. The molecule has 1 aliphatic heterocycles. The molecule has 0 unspecified atom stereocenters. The first-order chi connectivity index (χ1) is 18.2. The van der Waals surface area contributed by atoms with Gasteiger partial charge >= 0.3 is 0 Å². The van der Waals surface area contributed by atoms with Crippen LogP contribution in [0, 0.1) is 13.8 Å². The monoisotopic (exact) mass is 489 g/mol. The van der Waals surface area contributed by atoms with Crippen molar-refractivity contribution in [3.8, 4) is 5.88 Å². The second kappa shape index (κ2) is 9.83. The molecule has 2 aromatic heterocycles. The van der Waals surface area contributed by atoms with Crippen LogP contribution in [-0.4, -0.2) is 34.1 Å². The summed E-state index contributed by atoms with van der Waals surface area (Å²) in [5, 5.41) is 6.22. The number of rotatable bonds is 6. The number of benzene rings is 3. The molecule has 3 aromatic carbocycles. The first-order valence-corrected chi connectivity index (χ1v) is 13.0. The van der Waals surface area contributed by atoms with E-state index in [1.54, 1.807) is 0 Å². The molecule has 1 saturated heterocycles. The molecule has 1 fully saturated rings. The average molecular weight is 490 g/mol. The number of nitrogens with zero attached hydrogens (tertiary/aromatic N) is 3. The van der Waals surface area contributed by atoms with Gasteiger partial charge in [-0.1, -0.05) is 91.0 Å². The summed E-state index contributed by atoms with van der Waals surface area (Å²) in [4.78, 5) is 4.85. The molecule has 0 atom stereocenters. The van der Waals surface area contributed by atoms with Gasteiger partial charge in [0.2, 0.25) is 5.88 Å². The van der Waals surface area contributed by atoms with Gasteiger partial charge in [-0.2, -0.15) is 5.10 Å². The summed E-state index contributed by atoms with van der Waals surface area (Å²) in [6.45, 7) is 5.52. The highest BCUT2D eigenvalue weighted by molar-refractivity contribution is 5.88. The summed E-state index contributed by atoms with van der Waals surface area (Å²) in [7, 11) is 0. The molecule has 0 saturated carbocycles.